The van der Waals surface area contributed by atoms with E-state index < -0.39 is 6.10 Å². The number of rotatable bonds is 55. The lowest BCUT2D eigenvalue weighted by atomic mass is 10.0. The van der Waals surface area contributed by atoms with Gasteiger partial charge in [-0.2, -0.15) is 0 Å². The van der Waals surface area contributed by atoms with Crippen LogP contribution in [0.5, 0.6) is 0 Å². The molecule has 0 aliphatic rings. The monoisotopic (exact) mass is 1000 g/mol. The molecule has 1 atom stereocenters. The van der Waals surface area contributed by atoms with Crippen molar-refractivity contribution in [2.45, 2.75) is 303 Å². The van der Waals surface area contributed by atoms with Gasteiger partial charge in [-0.25, -0.2) is 0 Å². The molecule has 1 unspecified atom stereocenters. The van der Waals surface area contributed by atoms with Gasteiger partial charge < -0.3 is 14.2 Å². The lowest BCUT2D eigenvalue weighted by Gasteiger charge is -2.18. The second-order valence-corrected chi connectivity index (χ2v) is 20.2. The molecule has 6 nitrogen and oxygen atoms in total. The number of esters is 3. The minimum atomic E-state index is -0.783. The van der Waals surface area contributed by atoms with Crippen LogP contribution in [0.2, 0.25) is 0 Å². The molecule has 0 amide bonds. The SMILES string of the molecule is CC/C=C\C/C=C\C/C=C\C/C=C\CCCCCCCCCCCCCCCCC(=O)OCC(COC(=O)CCCCCCCCCCCCCC)OC(=O)CCCCCCC/C=C\C/C=C\C/C=C\CC. The molecule has 0 fully saturated rings. The van der Waals surface area contributed by atoms with E-state index in [4.69, 9.17) is 14.2 Å². The minimum Gasteiger partial charge on any atom is -0.462 e. The Morgan fingerprint density at radius 2 is 0.542 bits per heavy atom. The minimum absolute atomic E-state index is 0.0803. The molecule has 0 rings (SSSR count). The van der Waals surface area contributed by atoms with Gasteiger partial charge in [-0.15, -0.1) is 0 Å². The van der Waals surface area contributed by atoms with Crippen LogP contribution < -0.4 is 0 Å². The molecular formula is C66H114O6. The molecule has 0 saturated heterocycles. The maximum atomic E-state index is 12.9. The second kappa shape index (κ2) is 60.1. The van der Waals surface area contributed by atoms with Crippen molar-refractivity contribution in [3.8, 4) is 0 Å². The number of ether oxygens (including phenoxy) is 3. The van der Waals surface area contributed by atoms with Gasteiger partial charge in [-0.1, -0.05) is 273 Å². The summed E-state index contributed by atoms with van der Waals surface area (Å²) in [5, 5.41) is 0. The van der Waals surface area contributed by atoms with E-state index >= 15 is 0 Å². The maximum absolute atomic E-state index is 12.9. The summed E-state index contributed by atoms with van der Waals surface area (Å²) in [6, 6.07) is 0. The Morgan fingerprint density at radius 3 is 0.847 bits per heavy atom. The maximum Gasteiger partial charge on any atom is 0.306 e. The van der Waals surface area contributed by atoms with E-state index in [0.29, 0.717) is 19.3 Å². The Hall–Kier alpha value is -3.41. The quantitative estimate of drug-likeness (QED) is 0.0261. The van der Waals surface area contributed by atoms with E-state index in [0.717, 1.165) is 122 Å². The molecule has 0 aromatic carbocycles. The standard InChI is InChI=1S/C66H114O6/c1-4-7-10-13-16-19-22-25-27-28-29-30-31-32-33-34-35-36-37-38-40-41-44-47-50-53-56-59-65(68)71-62-63(61-70-64(67)58-55-52-49-46-43-24-21-18-15-12-9-6-3)72-66(69)60-57-54-51-48-45-42-39-26-23-20-17-14-11-8-5-2/h7-8,10-11,16-17,19-20,25-27,29-30,39,63H,4-6,9,12-15,18,21-24,28,31-38,40-62H2,1-3H3/b10-7-,11-8-,19-16-,20-17-,27-25-,30-29-,39-26-. The Balaban J connectivity index is 4.24. The summed E-state index contributed by atoms with van der Waals surface area (Å²) in [4.78, 5) is 38.2. The van der Waals surface area contributed by atoms with Crippen molar-refractivity contribution in [1.82, 2.24) is 0 Å². The van der Waals surface area contributed by atoms with Crippen LogP contribution >= 0.6 is 0 Å². The molecule has 0 aliphatic heterocycles. The van der Waals surface area contributed by atoms with Gasteiger partial charge in [0.2, 0.25) is 0 Å². The van der Waals surface area contributed by atoms with Crippen LogP contribution in [0.15, 0.2) is 85.1 Å². The molecule has 0 saturated carbocycles. The van der Waals surface area contributed by atoms with E-state index in [-0.39, 0.29) is 31.1 Å². The highest BCUT2D eigenvalue weighted by Gasteiger charge is 2.19. The summed E-state index contributed by atoms with van der Waals surface area (Å²) in [5.74, 6) is -0.888. The summed E-state index contributed by atoms with van der Waals surface area (Å²) < 4.78 is 16.9. The molecule has 0 aromatic rings. The largest absolute Gasteiger partial charge is 0.462 e. The number of carbonyl (C=O) groups excluding carboxylic acids is 3. The molecule has 0 heterocycles. The first kappa shape index (κ1) is 68.6. The Bertz CT molecular complexity index is 1380. The van der Waals surface area contributed by atoms with Crippen LogP contribution in [-0.2, 0) is 28.6 Å². The lowest BCUT2D eigenvalue weighted by Crippen LogP contribution is -2.30. The first-order chi connectivity index (χ1) is 35.5. The van der Waals surface area contributed by atoms with E-state index in [1.807, 2.05) is 0 Å². The third-order valence-corrected chi connectivity index (χ3v) is 13.1. The van der Waals surface area contributed by atoms with Gasteiger partial charge in [0.05, 0.1) is 0 Å². The fourth-order valence-corrected chi connectivity index (χ4v) is 8.63. The van der Waals surface area contributed by atoms with Gasteiger partial charge in [0.1, 0.15) is 13.2 Å². The smallest absolute Gasteiger partial charge is 0.306 e. The number of hydrogen-bond acceptors (Lipinski definition) is 6. The average Bonchev–Trinajstić information content (AvgIpc) is 3.38. The molecule has 0 bridgehead atoms. The molecule has 0 aliphatic carbocycles. The number of hydrogen-bond donors (Lipinski definition) is 0. The van der Waals surface area contributed by atoms with Gasteiger partial charge in [-0.3, -0.25) is 14.4 Å². The second-order valence-electron chi connectivity index (χ2n) is 20.2. The van der Waals surface area contributed by atoms with Crippen molar-refractivity contribution in [3.63, 3.8) is 0 Å². The normalized spacial score (nSPS) is 12.7. The zero-order valence-corrected chi connectivity index (χ0v) is 47.4. The van der Waals surface area contributed by atoms with Gasteiger partial charge in [0, 0.05) is 19.3 Å². The molecule has 0 aromatic heterocycles. The zero-order chi connectivity index (χ0) is 52.2. The number of carbonyl (C=O) groups is 3. The van der Waals surface area contributed by atoms with Crippen molar-refractivity contribution in [2.24, 2.45) is 0 Å². The Kier molecular flexibility index (Phi) is 57.3. The molecular weight excluding hydrogens is 889 g/mol. The van der Waals surface area contributed by atoms with Gasteiger partial charge in [0.25, 0.3) is 0 Å². The predicted octanol–water partition coefficient (Wildman–Crippen LogP) is 20.7. The van der Waals surface area contributed by atoms with E-state index in [1.165, 1.54) is 135 Å². The van der Waals surface area contributed by atoms with E-state index in [2.05, 4.69) is 106 Å². The van der Waals surface area contributed by atoms with Crippen molar-refractivity contribution < 1.29 is 28.6 Å². The fourth-order valence-electron chi connectivity index (χ4n) is 8.63. The highest BCUT2D eigenvalue weighted by molar-refractivity contribution is 5.71. The predicted molar refractivity (Wildman–Crippen MR) is 311 cm³/mol. The van der Waals surface area contributed by atoms with E-state index in [1.54, 1.807) is 0 Å². The molecule has 0 N–H and O–H groups in total. The van der Waals surface area contributed by atoms with Crippen LogP contribution in [0, 0.1) is 0 Å². The summed E-state index contributed by atoms with van der Waals surface area (Å²) in [7, 11) is 0. The zero-order valence-electron chi connectivity index (χ0n) is 47.4. The highest BCUT2D eigenvalue weighted by atomic mass is 16.6. The van der Waals surface area contributed by atoms with Gasteiger partial charge in [-0.05, 0) is 89.9 Å². The molecule has 72 heavy (non-hydrogen) atoms. The summed E-state index contributed by atoms with van der Waals surface area (Å²) in [5.41, 5.74) is 0. The number of allylic oxidation sites excluding steroid dienone is 14. The van der Waals surface area contributed by atoms with Crippen LogP contribution in [0.4, 0.5) is 0 Å². The third kappa shape index (κ3) is 57.5. The topological polar surface area (TPSA) is 78.9 Å². The van der Waals surface area contributed by atoms with Crippen molar-refractivity contribution in [2.75, 3.05) is 13.2 Å². The summed E-state index contributed by atoms with van der Waals surface area (Å²) in [6.07, 6.45) is 78.7. The highest BCUT2D eigenvalue weighted by Crippen LogP contribution is 2.16. The van der Waals surface area contributed by atoms with Crippen molar-refractivity contribution >= 4 is 17.9 Å². The Labute approximate surface area is 445 Å². The molecule has 6 heteroatoms. The summed E-state index contributed by atoms with van der Waals surface area (Å²) >= 11 is 0. The average molecular weight is 1000 g/mol. The van der Waals surface area contributed by atoms with Crippen LogP contribution in [0.1, 0.15) is 297 Å². The third-order valence-electron chi connectivity index (χ3n) is 13.1. The Morgan fingerprint density at radius 1 is 0.292 bits per heavy atom. The van der Waals surface area contributed by atoms with Crippen LogP contribution in [-0.4, -0.2) is 37.2 Å². The summed E-state index contributed by atoms with van der Waals surface area (Å²) in [6.45, 7) is 6.42. The fraction of sp³-hybridized carbons (Fsp3) is 0.742. The molecule has 414 valence electrons. The lowest BCUT2D eigenvalue weighted by molar-refractivity contribution is -0.167. The van der Waals surface area contributed by atoms with Gasteiger partial charge in [0.15, 0.2) is 6.10 Å². The first-order valence-electron chi connectivity index (χ1n) is 30.6. The van der Waals surface area contributed by atoms with Crippen LogP contribution in [0.3, 0.4) is 0 Å². The van der Waals surface area contributed by atoms with Crippen LogP contribution in [0.25, 0.3) is 0 Å². The van der Waals surface area contributed by atoms with Crippen molar-refractivity contribution in [3.05, 3.63) is 85.1 Å². The molecule has 0 radical (unpaired) electrons. The number of unbranched alkanes of at least 4 members (excludes halogenated alkanes) is 30. The first-order valence-corrected chi connectivity index (χ1v) is 30.6. The molecule has 0 spiro atoms. The van der Waals surface area contributed by atoms with E-state index in [9.17, 15) is 14.4 Å². The van der Waals surface area contributed by atoms with Gasteiger partial charge >= 0.3 is 17.9 Å². The van der Waals surface area contributed by atoms with Crippen molar-refractivity contribution in [1.29, 1.82) is 0 Å².